The van der Waals surface area contributed by atoms with E-state index < -0.39 is 12.0 Å². The highest BCUT2D eigenvalue weighted by Gasteiger charge is 2.39. The molecule has 0 aromatic rings. The number of rotatable bonds is 8. The van der Waals surface area contributed by atoms with Gasteiger partial charge in [0.2, 0.25) is 5.91 Å². The molecule has 1 fully saturated rings. The van der Waals surface area contributed by atoms with Crippen LogP contribution in [-0.4, -0.2) is 52.8 Å². The largest absolute Gasteiger partial charge is 0.480 e. The number of aliphatic carboxylic acids is 1. The van der Waals surface area contributed by atoms with Crippen molar-refractivity contribution in [2.24, 2.45) is 11.8 Å². The number of carboxylic acids is 1. The van der Waals surface area contributed by atoms with Crippen LogP contribution in [0.2, 0.25) is 0 Å². The van der Waals surface area contributed by atoms with Crippen molar-refractivity contribution >= 4 is 30.1 Å². The summed E-state index contributed by atoms with van der Waals surface area (Å²) in [4.78, 5) is 36.2. The molecule has 1 rings (SSSR count). The normalized spacial score (nSPS) is 23.7. The highest BCUT2D eigenvalue weighted by molar-refractivity contribution is 5.85. The molecular weight excluding hydrogens is 320 g/mol. The monoisotopic (exact) mass is 348 g/mol. The number of carboxylic acid groups (broad SMARTS) is 1. The Bertz CT molecular complexity index is 430. The van der Waals surface area contributed by atoms with E-state index in [4.69, 9.17) is 0 Å². The van der Waals surface area contributed by atoms with Crippen LogP contribution < -0.4 is 5.32 Å². The molecule has 0 saturated carbocycles. The molecule has 1 heterocycles. The van der Waals surface area contributed by atoms with Gasteiger partial charge >= 0.3 is 5.97 Å². The standard InChI is InChI=1S/C16H28N2O4.ClH/c1-5-6-13(10(2)17-12(4)20)8-18-9-14(11(3)19)7-15(18)16(21)22;/h10,13-15H,5-9H2,1-4H3,(H,17,20)(H,21,22);1H/t10?,13?,14-,15-;/m1./s1. The van der Waals surface area contributed by atoms with Crippen molar-refractivity contribution in [3.63, 3.8) is 0 Å². The lowest BCUT2D eigenvalue weighted by Gasteiger charge is -2.30. The summed E-state index contributed by atoms with van der Waals surface area (Å²) >= 11 is 0. The Kier molecular flexibility index (Phi) is 9.39. The van der Waals surface area contributed by atoms with Crippen LogP contribution in [-0.2, 0) is 14.4 Å². The van der Waals surface area contributed by atoms with Crippen LogP contribution in [0, 0.1) is 11.8 Å². The lowest BCUT2D eigenvalue weighted by molar-refractivity contribution is -0.142. The van der Waals surface area contributed by atoms with Crippen molar-refractivity contribution in [3.8, 4) is 0 Å². The van der Waals surface area contributed by atoms with Gasteiger partial charge in [-0.1, -0.05) is 13.3 Å². The van der Waals surface area contributed by atoms with Crippen LogP contribution in [0.1, 0.15) is 47.0 Å². The summed E-state index contributed by atoms with van der Waals surface area (Å²) in [6.07, 6.45) is 2.27. The average molecular weight is 349 g/mol. The topological polar surface area (TPSA) is 86.7 Å². The number of hydrogen-bond donors (Lipinski definition) is 2. The number of Topliss-reactive ketones (excluding diaryl/α,β-unsaturated/α-hetero) is 1. The zero-order valence-corrected chi connectivity index (χ0v) is 15.2. The SMILES string of the molecule is CCCC(CN1C[C@H](C(C)=O)C[C@@H]1C(=O)O)C(C)NC(C)=O.Cl. The van der Waals surface area contributed by atoms with Crippen LogP contribution in [0.25, 0.3) is 0 Å². The maximum atomic E-state index is 11.6. The summed E-state index contributed by atoms with van der Waals surface area (Å²) in [5.74, 6) is -0.908. The number of nitrogens with one attached hydrogen (secondary N) is 1. The number of ketones is 1. The van der Waals surface area contributed by atoms with Crippen LogP contribution in [0.4, 0.5) is 0 Å². The second-order valence-corrected chi connectivity index (χ2v) is 6.39. The Labute approximate surface area is 144 Å². The smallest absolute Gasteiger partial charge is 0.320 e. The van der Waals surface area contributed by atoms with Gasteiger partial charge in [0, 0.05) is 32.0 Å². The summed E-state index contributed by atoms with van der Waals surface area (Å²) in [7, 11) is 0. The number of carbonyl (C=O) groups is 3. The third-order valence-electron chi connectivity index (χ3n) is 4.53. The van der Waals surface area contributed by atoms with Gasteiger partial charge in [0.15, 0.2) is 0 Å². The van der Waals surface area contributed by atoms with E-state index >= 15 is 0 Å². The molecular formula is C16H29ClN2O4. The summed E-state index contributed by atoms with van der Waals surface area (Å²) in [5.41, 5.74) is 0. The maximum Gasteiger partial charge on any atom is 0.320 e. The molecule has 6 nitrogen and oxygen atoms in total. The van der Waals surface area contributed by atoms with Gasteiger partial charge in [0.05, 0.1) is 0 Å². The number of amides is 1. The predicted octanol–water partition coefficient (Wildman–Crippen LogP) is 1.71. The first kappa shape index (κ1) is 21.9. The molecule has 0 aliphatic carbocycles. The van der Waals surface area contributed by atoms with Crippen LogP contribution in [0.15, 0.2) is 0 Å². The quantitative estimate of drug-likeness (QED) is 0.697. The summed E-state index contributed by atoms with van der Waals surface area (Å²) in [6.45, 7) is 8.13. The molecule has 0 radical (unpaired) electrons. The Hall–Kier alpha value is -1.14. The molecule has 0 aromatic carbocycles. The molecule has 1 amide bonds. The van der Waals surface area contributed by atoms with Crippen molar-refractivity contribution in [1.29, 1.82) is 0 Å². The van der Waals surface area contributed by atoms with E-state index in [9.17, 15) is 19.5 Å². The number of nitrogens with zero attached hydrogens (tertiary/aromatic N) is 1. The average Bonchev–Trinajstić information content (AvgIpc) is 2.81. The fourth-order valence-electron chi connectivity index (χ4n) is 3.27. The third-order valence-corrected chi connectivity index (χ3v) is 4.53. The molecule has 2 N–H and O–H groups in total. The minimum Gasteiger partial charge on any atom is -0.480 e. The Morgan fingerprint density at radius 2 is 1.91 bits per heavy atom. The van der Waals surface area contributed by atoms with Gasteiger partial charge in [0.1, 0.15) is 11.8 Å². The van der Waals surface area contributed by atoms with E-state index in [1.807, 2.05) is 11.8 Å². The maximum absolute atomic E-state index is 11.6. The second-order valence-electron chi connectivity index (χ2n) is 6.39. The molecule has 0 bridgehead atoms. The molecule has 23 heavy (non-hydrogen) atoms. The fraction of sp³-hybridized carbons (Fsp3) is 0.812. The highest BCUT2D eigenvalue weighted by atomic mass is 35.5. The van der Waals surface area contributed by atoms with E-state index in [1.54, 1.807) is 0 Å². The minimum atomic E-state index is -0.869. The van der Waals surface area contributed by atoms with Crippen molar-refractivity contribution in [2.75, 3.05) is 13.1 Å². The predicted molar refractivity (Wildman–Crippen MR) is 90.7 cm³/mol. The molecule has 0 aromatic heterocycles. The fourth-order valence-corrected chi connectivity index (χ4v) is 3.27. The van der Waals surface area contributed by atoms with Crippen LogP contribution in [0.3, 0.4) is 0 Å². The van der Waals surface area contributed by atoms with Gasteiger partial charge in [-0.2, -0.15) is 0 Å². The molecule has 1 saturated heterocycles. The molecule has 4 atom stereocenters. The van der Waals surface area contributed by atoms with E-state index in [-0.39, 0.29) is 42.0 Å². The zero-order chi connectivity index (χ0) is 16.9. The van der Waals surface area contributed by atoms with Gasteiger partial charge in [-0.25, -0.2) is 0 Å². The highest BCUT2D eigenvalue weighted by Crippen LogP contribution is 2.27. The van der Waals surface area contributed by atoms with Gasteiger partial charge in [0.25, 0.3) is 0 Å². The first-order chi connectivity index (χ1) is 10.3. The van der Waals surface area contributed by atoms with E-state index in [1.165, 1.54) is 13.8 Å². The summed E-state index contributed by atoms with van der Waals surface area (Å²) in [5, 5.41) is 12.3. The Morgan fingerprint density at radius 1 is 1.30 bits per heavy atom. The van der Waals surface area contributed by atoms with Gasteiger partial charge in [-0.15, -0.1) is 12.4 Å². The van der Waals surface area contributed by atoms with Crippen molar-refractivity contribution < 1.29 is 19.5 Å². The Morgan fingerprint density at radius 3 is 2.35 bits per heavy atom. The number of likely N-dealkylation sites (tertiary alicyclic amines) is 1. The molecule has 134 valence electrons. The van der Waals surface area contributed by atoms with Crippen molar-refractivity contribution in [1.82, 2.24) is 10.2 Å². The van der Waals surface area contributed by atoms with Gasteiger partial charge in [-0.05, 0) is 32.6 Å². The van der Waals surface area contributed by atoms with E-state index in [0.717, 1.165) is 12.8 Å². The lowest BCUT2D eigenvalue weighted by atomic mass is 9.95. The third kappa shape index (κ3) is 6.47. The lowest BCUT2D eigenvalue weighted by Crippen LogP contribution is -2.45. The molecule has 7 heteroatoms. The minimum absolute atomic E-state index is 0. The number of hydrogen-bond acceptors (Lipinski definition) is 4. The van der Waals surface area contributed by atoms with Gasteiger partial charge < -0.3 is 10.4 Å². The first-order valence-electron chi connectivity index (χ1n) is 8.00. The molecule has 1 aliphatic heterocycles. The second kappa shape index (κ2) is 9.88. The van der Waals surface area contributed by atoms with E-state index in [0.29, 0.717) is 19.5 Å². The van der Waals surface area contributed by atoms with Crippen LogP contribution >= 0.6 is 12.4 Å². The summed E-state index contributed by atoms with van der Waals surface area (Å²) in [6, 6.07) is -0.610. The number of halogens is 1. The number of carbonyl (C=O) groups excluding carboxylic acids is 2. The Balaban J connectivity index is 0.00000484. The van der Waals surface area contributed by atoms with Crippen LogP contribution in [0.5, 0.6) is 0 Å². The zero-order valence-electron chi connectivity index (χ0n) is 14.4. The molecule has 2 unspecified atom stereocenters. The summed E-state index contributed by atoms with van der Waals surface area (Å²) < 4.78 is 0. The van der Waals surface area contributed by atoms with Crippen molar-refractivity contribution in [2.45, 2.75) is 59.0 Å². The van der Waals surface area contributed by atoms with E-state index in [2.05, 4.69) is 12.2 Å². The first-order valence-corrected chi connectivity index (χ1v) is 8.00. The van der Waals surface area contributed by atoms with Crippen molar-refractivity contribution in [3.05, 3.63) is 0 Å². The van der Waals surface area contributed by atoms with Gasteiger partial charge in [-0.3, -0.25) is 19.3 Å². The molecule has 0 spiro atoms. The molecule has 1 aliphatic rings.